The summed E-state index contributed by atoms with van der Waals surface area (Å²) >= 11 is 0. The molecule has 9 nitrogen and oxygen atoms in total. The first-order valence-corrected chi connectivity index (χ1v) is 12.0. The highest BCUT2D eigenvalue weighted by molar-refractivity contribution is 5.88. The Labute approximate surface area is 204 Å². The molecule has 0 aliphatic carbocycles. The molecule has 0 saturated carbocycles. The Morgan fingerprint density at radius 2 is 2.06 bits per heavy atom. The minimum atomic E-state index is -0.0326. The van der Waals surface area contributed by atoms with Gasteiger partial charge in [0.1, 0.15) is 29.5 Å². The zero-order valence-corrected chi connectivity index (χ0v) is 19.9. The third-order valence-corrected chi connectivity index (χ3v) is 6.41. The lowest BCUT2D eigenvalue weighted by Gasteiger charge is -2.35. The Kier molecular flexibility index (Phi) is 6.76. The molecule has 0 unspecified atom stereocenters. The first kappa shape index (κ1) is 23.0. The third-order valence-electron chi connectivity index (χ3n) is 6.41. The summed E-state index contributed by atoms with van der Waals surface area (Å²) in [7, 11) is 0. The molecule has 2 aliphatic heterocycles. The number of fused-ring (bicyclic) bond motifs is 1. The third kappa shape index (κ3) is 5.19. The van der Waals surface area contributed by atoms with E-state index in [4.69, 9.17) is 14.5 Å². The van der Waals surface area contributed by atoms with Crippen molar-refractivity contribution in [3.63, 3.8) is 0 Å². The lowest BCUT2D eigenvalue weighted by molar-refractivity contribution is -0.126. The predicted molar refractivity (Wildman–Crippen MR) is 135 cm³/mol. The summed E-state index contributed by atoms with van der Waals surface area (Å²) in [4.78, 5) is 29.6. The van der Waals surface area contributed by atoms with Crippen molar-refractivity contribution in [2.75, 3.05) is 49.6 Å². The van der Waals surface area contributed by atoms with Crippen LogP contribution in [0.4, 0.5) is 17.3 Å². The van der Waals surface area contributed by atoms with Crippen molar-refractivity contribution in [1.29, 1.82) is 0 Å². The van der Waals surface area contributed by atoms with Gasteiger partial charge < -0.3 is 24.6 Å². The van der Waals surface area contributed by atoms with E-state index in [0.717, 1.165) is 47.8 Å². The number of aromatic nitrogens is 3. The number of rotatable bonds is 6. The number of benzene rings is 1. The Morgan fingerprint density at radius 3 is 2.80 bits per heavy atom. The van der Waals surface area contributed by atoms with Crippen LogP contribution in [0.1, 0.15) is 18.4 Å². The zero-order chi connectivity index (χ0) is 24.2. The van der Waals surface area contributed by atoms with E-state index in [0.29, 0.717) is 44.1 Å². The number of nitrogens with zero attached hydrogens (tertiary/aromatic N) is 5. The number of hydrogen-bond donors (Lipinski definition) is 1. The van der Waals surface area contributed by atoms with Gasteiger partial charge in [0.05, 0.1) is 12.1 Å². The van der Waals surface area contributed by atoms with Crippen LogP contribution in [0.3, 0.4) is 0 Å². The molecular weight excluding hydrogens is 444 g/mol. The average Bonchev–Trinajstić information content (AvgIpc) is 2.90. The number of hydrogen-bond acceptors (Lipinski definition) is 8. The average molecular weight is 475 g/mol. The summed E-state index contributed by atoms with van der Waals surface area (Å²) in [5, 5.41) is 3.40. The highest BCUT2D eigenvalue weighted by Crippen LogP contribution is 2.29. The molecule has 9 heteroatoms. The summed E-state index contributed by atoms with van der Waals surface area (Å²) < 4.78 is 11.7. The van der Waals surface area contributed by atoms with E-state index >= 15 is 0 Å². The molecule has 0 radical (unpaired) electrons. The second-order valence-electron chi connectivity index (χ2n) is 8.84. The molecule has 3 aromatic rings. The number of carbonyl (C=O) groups excluding carboxylic acids is 1. The maximum absolute atomic E-state index is 11.9. The van der Waals surface area contributed by atoms with Crippen LogP contribution in [0.15, 0.2) is 49.3 Å². The van der Waals surface area contributed by atoms with Gasteiger partial charge in [-0.15, -0.1) is 0 Å². The van der Waals surface area contributed by atoms with Crippen LogP contribution >= 0.6 is 0 Å². The van der Waals surface area contributed by atoms with Crippen LogP contribution in [-0.4, -0.2) is 71.3 Å². The number of nitrogens with one attached hydrogen (secondary N) is 1. The number of anilines is 3. The monoisotopic (exact) mass is 474 g/mol. The van der Waals surface area contributed by atoms with Crippen molar-refractivity contribution in [3.05, 3.63) is 54.9 Å². The van der Waals surface area contributed by atoms with Crippen LogP contribution in [-0.2, 0) is 9.53 Å². The molecule has 2 fully saturated rings. The predicted octanol–water partition coefficient (Wildman–Crippen LogP) is 3.47. The first-order valence-electron chi connectivity index (χ1n) is 12.0. The summed E-state index contributed by atoms with van der Waals surface area (Å²) in [6.45, 7) is 9.77. The molecule has 5 rings (SSSR count). The molecule has 1 N–H and O–H groups in total. The summed E-state index contributed by atoms with van der Waals surface area (Å²) in [6, 6.07) is 9.94. The van der Waals surface area contributed by atoms with Crippen molar-refractivity contribution >= 4 is 34.3 Å². The van der Waals surface area contributed by atoms with E-state index in [1.54, 1.807) is 11.2 Å². The Hall–Kier alpha value is -3.72. The Bertz CT molecular complexity index is 1220. The second kappa shape index (κ2) is 10.3. The fourth-order valence-electron chi connectivity index (χ4n) is 4.46. The standard InChI is InChI=1S/C26H30N6O3/c1-3-24(33)32-12-10-31(11-13-32)23-9-7-21-25(30-23)26(28-17-27-21)29-19-6-8-22(18(2)15-19)35-20-5-4-14-34-16-20/h3,6-9,15,17,20H,1,4-5,10-14,16H2,2H3,(H,27,28,29)/t20-/m1/s1. The molecular formula is C26H30N6O3. The largest absolute Gasteiger partial charge is 0.488 e. The molecule has 35 heavy (non-hydrogen) atoms. The SMILES string of the molecule is C=CC(=O)N1CCN(c2ccc3ncnc(Nc4ccc(O[C@@H]5CCCOC5)c(C)c4)c3n2)CC1. The van der Waals surface area contributed by atoms with Crippen molar-refractivity contribution in [2.45, 2.75) is 25.9 Å². The van der Waals surface area contributed by atoms with E-state index < -0.39 is 0 Å². The molecule has 2 aliphatic rings. The van der Waals surface area contributed by atoms with Gasteiger partial charge in [0.15, 0.2) is 5.82 Å². The Morgan fingerprint density at radius 1 is 1.20 bits per heavy atom. The maximum Gasteiger partial charge on any atom is 0.246 e. The van der Waals surface area contributed by atoms with Gasteiger partial charge in [0.25, 0.3) is 0 Å². The van der Waals surface area contributed by atoms with Crippen molar-refractivity contribution in [1.82, 2.24) is 19.9 Å². The molecule has 1 aromatic carbocycles. The van der Waals surface area contributed by atoms with Gasteiger partial charge in [0, 0.05) is 38.5 Å². The van der Waals surface area contributed by atoms with Crippen LogP contribution < -0.4 is 15.0 Å². The molecule has 0 spiro atoms. The highest BCUT2D eigenvalue weighted by atomic mass is 16.5. The molecule has 2 aromatic heterocycles. The highest BCUT2D eigenvalue weighted by Gasteiger charge is 2.21. The van der Waals surface area contributed by atoms with E-state index in [-0.39, 0.29) is 12.0 Å². The Balaban J connectivity index is 1.33. The fourth-order valence-corrected chi connectivity index (χ4v) is 4.46. The first-order chi connectivity index (χ1) is 17.1. The molecule has 1 atom stereocenters. The number of amides is 1. The quantitative estimate of drug-likeness (QED) is 0.543. The minimum Gasteiger partial charge on any atom is -0.488 e. The number of aryl methyl sites for hydroxylation is 1. The van der Waals surface area contributed by atoms with Gasteiger partial charge in [-0.2, -0.15) is 0 Å². The molecule has 182 valence electrons. The zero-order valence-electron chi connectivity index (χ0n) is 19.9. The van der Waals surface area contributed by atoms with Crippen molar-refractivity contribution in [2.24, 2.45) is 0 Å². The van der Waals surface area contributed by atoms with E-state index in [9.17, 15) is 4.79 Å². The topological polar surface area (TPSA) is 92.7 Å². The second-order valence-corrected chi connectivity index (χ2v) is 8.84. The van der Waals surface area contributed by atoms with Crippen LogP contribution in [0.5, 0.6) is 5.75 Å². The fraction of sp³-hybridized carbons (Fsp3) is 0.385. The molecule has 0 bridgehead atoms. The van der Waals surface area contributed by atoms with E-state index in [1.165, 1.54) is 6.08 Å². The number of pyridine rings is 1. The van der Waals surface area contributed by atoms with Crippen molar-refractivity contribution in [3.8, 4) is 5.75 Å². The van der Waals surface area contributed by atoms with Gasteiger partial charge in [-0.05, 0) is 61.7 Å². The van der Waals surface area contributed by atoms with Crippen molar-refractivity contribution < 1.29 is 14.3 Å². The van der Waals surface area contributed by atoms with Crippen LogP contribution in [0.2, 0.25) is 0 Å². The van der Waals surface area contributed by atoms with Gasteiger partial charge >= 0.3 is 0 Å². The maximum atomic E-state index is 11.9. The van der Waals surface area contributed by atoms with Crippen LogP contribution in [0, 0.1) is 6.92 Å². The van der Waals surface area contributed by atoms with Gasteiger partial charge in [-0.1, -0.05) is 6.58 Å². The minimum absolute atomic E-state index is 0.0326. The van der Waals surface area contributed by atoms with E-state index in [1.807, 2.05) is 37.3 Å². The summed E-state index contributed by atoms with van der Waals surface area (Å²) in [5.74, 6) is 2.32. The molecule has 4 heterocycles. The van der Waals surface area contributed by atoms with Gasteiger partial charge in [0.2, 0.25) is 5.91 Å². The normalized spacial score (nSPS) is 18.4. The number of carbonyl (C=O) groups is 1. The van der Waals surface area contributed by atoms with Gasteiger partial charge in [-0.3, -0.25) is 4.79 Å². The number of piperazine rings is 1. The molecule has 1 amide bonds. The summed E-state index contributed by atoms with van der Waals surface area (Å²) in [5.41, 5.74) is 3.41. The van der Waals surface area contributed by atoms with Gasteiger partial charge in [-0.25, -0.2) is 15.0 Å². The number of ether oxygens (including phenoxy) is 2. The van der Waals surface area contributed by atoms with Crippen LogP contribution in [0.25, 0.3) is 11.0 Å². The van der Waals surface area contributed by atoms with E-state index in [2.05, 4.69) is 26.8 Å². The molecule has 2 saturated heterocycles. The summed E-state index contributed by atoms with van der Waals surface area (Å²) in [6.07, 6.45) is 5.05. The lowest BCUT2D eigenvalue weighted by Crippen LogP contribution is -2.48. The smallest absolute Gasteiger partial charge is 0.246 e. The lowest BCUT2D eigenvalue weighted by atomic mass is 10.1.